The SMILES string of the molecule is N#[N+]c1cccc(CN2C(=O)Cc3ccccc32)c1. The number of carbonyl (C=O) groups excluding carboxylic acids is 1. The molecular weight excluding hydrogens is 238 g/mol. The summed E-state index contributed by atoms with van der Waals surface area (Å²) >= 11 is 0. The van der Waals surface area contributed by atoms with Crippen molar-refractivity contribution in [3.8, 4) is 0 Å². The Kier molecular flexibility index (Phi) is 2.73. The number of hydrogen-bond donors (Lipinski definition) is 0. The van der Waals surface area contributed by atoms with E-state index in [2.05, 4.69) is 4.98 Å². The zero-order valence-electron chi connectivity index (χ0n) is 10.3. The minimum Gasteiger partial charge on any atom is -0.307 e. The fourth-order valence-corrected chi connectivity index (χ4v) is 2.39. The van der Waals surface area contributed by atoms with E-state index in [0.717, 1.165) is 16.8 Å². The summed E-state index contributed by atoms with van der Waals surface area (Å²) in [5, 5.41) is 8.78. The first kappa shape index (κ1) is 11.4. The molecule has 92 valence electrons. The van der Waals surface area contributed by atoms with Crippen molar-refractivity contribution < 1.29 is 4.79 Å². The van der Waals surface area contributed by atoms with Crippen molar-refractivity contribution >= 4 is 17.3 Å². The summed E-state index contributed by atoms with van der Waals surface area (Å²) in [4.78, 5) is 17.0. The van der Waals surface area contributed by atoms with Crippen molar-refractivity contribution in [1.29, 1.82) is 5.39 Å². The second-order valence-electron chi connectivity index (χ2n) is 4.56. The van der Waals surface area contributed by atoms with Crippen LogP contribution in [0.2, 0.25) is 0 Å². The molecule has 1 heterocycles. The smallest absolute Gasteiger partial charge is 0.307 e. The molecule has 4 nitrogen and oxygen atoms in total. The fraction of sp³-hybridized carbons (Fsp3) is 0.133. The van der Waals surface area contributed by atoms with Gasteiger partial charge in [-0.05, 0) is 17.2 Å². The molecule has 0 fully saturated rings. The number of carbonyl (C=O) groups is 1. The molecular formula is C15H12N3O+. The van der Waals surface area contributed by atoms with E-state index in [1.165, 1.54) is 0 Å². The molecule has 0 unspecified atom stereocenters. The largest absolute Gasteiger partial charge is 0.385 e. The third-order valence-corrected chi connectivity index (χ3v) is 3.29. The number of benzene rings is 2. The van der Waals surface area contributed by atoms with E-state index in [4.69, 9.17) is 5.39 Å². The molecule has 1 aliphatic rings. The van der Waals surface area contributed by atoms with Gasteiger partial charge in [0, 0.05) is 17.8 Å². The van der Waals surface area contributed by atoms with Crippen LogP contribution in [0.25, 0.3) is 4.98 Å². The third-order valence-electron chi connectivity index (χ3n) is 3.29. The number of rotatable bonds is 2. The van der Waals surface area contributed by atoms with Crippen molar-refractivity contribution in [2.45, 2.75) is 13.0 Å². The fourth-order valence-electron chi connectivity index (χ4n) is 2.39. The molecule has 0 saturated carbocycles. The van der Waals surface area contributed by atoms with Gasteiger partial charge in [-0.2, -0.15) is 0 Å². The molecule has 0 bridgehead atoms. The average Bonchev–Trinajstić information content (AvgIpc) is 2.76. The van der Waals surface area contributed by atoms with Crippen LogP contribution < -0.4 is 4.90 Å². The van der Waals surface area contributed by atoms with E-state index in [9.17, 15) is 4.79 Å². The van der Waals surface area contributed by atoms with Gasteiger partial charge in [0.25, 0.3) is 0 Å². The van der Waals surface area contributed by atoms with Crippen molar-refractivity contribution in [3.63, 3.8) is 0 Å². The van der Waals surface area contributed by atoms with E-state index in [-0.39, 0.29) is 5.91 Å². The Morgan fingerprint density at radius 2 is 2.00 bits per heavy atom. The summed E-state index contributed by atoms with van der Waals surface area (Å²) in [5.74, 6) is 0.104. The molecule has 2 aromatic rings. The molecule has 1 amide bonds. The zero-order valence-corrected chi connectivity index (χ0v) is 10.3. The van der Waals surface area contributed by atoms with E-state index in [1.807, 2.05) is 36.4 Å². The summed E-state index contributed by atoms with van der Waals surface area (Å²) in [6.07, 6.45) is 0.459. The minimum atomic E-state index is 0.104. The molecule has 1 aliphatic heterocycles. The van der Waals surface area contributed by atoms with Gasteiger partial charge in [0.2, 0.25) is 11.3 Å². The van der Waals surface area contributed by atoms with Gasteiger partial charge in [-0.25, -0.2) is 0 Å². The topological polar surface area (TPSA) is 48.5 Å². The lowest BCUT2D eigenvalue weighted by Gasteiger charge is -2.17. The summed E-state index contributed by atoms with van der Waals surface area (Å²) in [5.41, 5.74) is 3.48. The molecule has 0 saturated heterocycles. The van der Waals surface area contributed by atoms with Crippen LogP contribution in [-0.2, 0) is 17.8 Å². The molecule has 3 rings (SSSR count). The maximum Gasteiger partial charge on any atom is 0.385 e. The van der Waals surface area contributed by atoms with Crippen LogP contribution in [0.3, 0.4) is 0 Å². The van der Waals surface area contributed by atoms with Crippen LogP contribution in [0.5, 0.6) is 0 Å². The predicted molar refractivity (Wildman–Crippen MR) is 72.5 cm³/mol. The lowest BCUT2D eigenvalue weighted by molar-refractivity contribution is -0.117. The van der Waals surface area contributed by atoms with Crippen molar-refractivity contribution in [3.05, 3.63) is 64.6 Å². The second-order valence-corrected chi connectivity index (χ2v) is 4.56. The zero-order chi connectivity index (χ0) is 13.2. The molecule has 0 aliphatic carbocycles. The molecule has 0 aromatic heterocycles. The lowest BCUT2D eigenvalue weighted by Crippen LogP contribution is -2.25. The maximum atomic E-state index is 12.0. The average molecular weight is 250 g/mol. The quantitative estimate of drug-likeness (QED) is 0.768. The highest BCUT2D eigenvalue weighted by molar-refractivity contribution is 6.01. The summed E-state index contributed by atoms with van der Waals surface area (Å²) in [6, 6.07) is 15.0. The lowest BCUT2D eigenvalue weighted by atomic mass is 10.1. The van der Waals surface area contributed by atoms with Gasteiger partial charge >= 0.3 is 5.69 Å². The number of anilines is 1. The number of amides is 1. The summed E-state index contributed by atoms with van der Waals surface area (Å²) in [6.45, 7) is 0.499. The van der Waals surface area contributed by atoms with Crippen LogP contribution in [0.15, 0.2) is 48.5 Å². The van der Waals surface area contributed by atoms with Gasteiger partial charge in [0.05, 0.1) is 13.0 Å². The molecule has 2 aromatic carbocycles. The van der Waals surface area contributed by atoms with E-state index < -0.39 is 0 Å². The number of para-hydroxylation sites is 1. The van der Waals surface area contributed by atoms with Crippen LogP contribution in [0.4, 0.5) is 11.4 Å². The highest BCUT2D eigenvalue weighted by Gasteiger charge is 2.26. The number of nitrogens with zero attached hydrogens (tertiary/aromatic N) is 3. The number of diazo groups is 1. The number of fused-ring (bicyclic) bond motifs is 1. The van der Waals surface area contributed by atoms with Gasteiger partial charge in [-0.1, -0.05) is 30.3 Å². The van der Waals surface area contributed by atoms with Crippen molar-refractivity contribution in [1.82, 2.24) is 0 Å². The summed E-state index contributed by atoms with van der Waals surface area (Å²) < 4.78 is 0. The van der Waals surface area contributed by atoms with E-state index >= 15 is 0 Å². The van der Waals surface area contributed by atoms with Crippen LogP contribution in [0, 0.1) is 5.39 Å². The number of hydrogen-bond acceptors (Lipinski definition) is 2. The normalized spacial score (nSPS) is 13.2. The van der Waals surface area contributed by atoms with Gasteiger partial charge in [-0.15, -0.1) is 0 Å². The van der Waals surface area contributed by atoms with Gasteiger partial charge in [0.15, 0.2) is 4.98 Å². The first-order valence-corrected chi connectivity index (χ1v) is 6.10. The molecule has 0 N–H and O–H groups in total. The Morgan fingerprint density at radius 1 is 1.16 bits per heavy atom. The van der Waals surface area contributed by atoms with E-state index in [1.54, 1.807) is 17.0 Å². The van der Waals surface area contributed by atoms with Crippen LogP contribution in [-0.4, -0.2) is 5.91 Å². The van der Waals surface area contributed by atoms with E-state index in [0.29, 0.717) is 18.7 Å². The van der Waals surface area contributed by atoms with Crippen molar-refractivity contribution in [2.24, 2.45) is 0 Å². The standard InChI is InChI=1S/C15H12N3O/c16-17-13-6-3-4-11(8-13)10-18-14-7-2-1-5-12(14)9-15(18)19/h1-8H,9-10H2/q+1. The predicted octanol–water partition coefficient (Wildman–Crippen LogP) is 3.26. The third kappa shape index (κ3) is 2.06. The molecule has 0 spiro atoms. The van der Waals surface area contributed by atoms with Gasteiger partial charge in [-0.3, -0.25) is 4.79 Å². The molecule has 0 atom stereocenters. The molecule has 19 heavy (non-hydrogen) atoms. The highest BCUT2D eigenvalue weighted by Crippen LogP contribution is 2.30. The van der Waals surface area contributed by atoms with Gasteiger partial charge in [0.1, 0.15) is 0 Å². The Morgan fingerprint density at radius 3 is 2.84 bits per heavy atom. The minimum absolute atomic E-state index is 0.104. The first-order chi connectivity index (χ1) is 9.28. The summed E-state index contributed by atoms with van der Waals surface area (Å²) in [7, 11) is 0. The second kappa shape index (κ2) is 4.54. The Hall–Kier alpha value is -2.67. The highest BCUT2D eigenvalue weighted by atomic mass is 16.2. The first-order valence-electron chi connectivity index (χ1n) is 6.10. The molecule has 4 heteroatoms. The van der Waals surface area contributed by atoms with Crippen molar-refractivity contribution in [2.75, 3.05) is 4.90 Å². The Balaban J connectivity index is 1.91. The monoisotopic (exact) mass is 250 g/mol. The van der Waals surface area contributed by atoms with Crippen LogP contribution >= 0.6 is 0 Å². The molecule has 0 radical (unpaired) electrons. The van der Waals surface area contributed by atoms with Gasteiger partial charge < -0.3 is 4.90 Å². The maximum absolute atomic E-state index is 12.0. The van der Waals surface area contributed by atoms with Crippen LogP contribution in [0.1, 0.15) is 11.1 Å². The Bertz CT molecular complexity index is 688. The Labute approximate surface area is 110 Å².